The summed E-state index contributed by atoms with van der Waals surface area (Å²) in [6.45, 7) is 2.45. The van der Waals surface area contributed by atoms with Gasteiger partial charge in [0.2, 0.25) is 0 Å². The van der Waals surface area contributed by atoms with Crippen LogP contribution in [-0.4, -0.2) is 50.7 Å². The van der Waals surface area contributed by atoms with Crippen molar-refractivity contribution in [1.82, 2.24) is 0 Å². The lowest BCUT2D eigenvalue weighted by Gasteiger charge is -2.18. The number of fused-ring (bicyclic) bond motifs is 3. The van der Waals surface area contributed by atoms with E-state index in [0.29, 0.717) is 19.6 Å². The molecule has 0 saturated heterocycles. The molecule has 2 aromatic rings. The second kappa shape index (κ2) is 11.3. The van der Waals surface area contributed by atoms with Gasteiger partial charge in [0, 0.05) is 26.7 Å². The van der Waals surface area contributed by atoms with Crippen molar-refractivity contribution in [3.63, 3.8) is 0 Å². The van der Waals surface area contributed by atoms with E-state index < -0.39 is 18.0 Å². The molecular weight excluding hydrogens is 386 g/mol. The molecule has 0 spiro atoms. The first kappa shape index (κ1) is 23.4. The first-order valence-corrected chi connectivity index (χ1v) is 9.75. The van der Waals surface area contributed by atoms with Crippen molar-refractivity contribution in [3.05, 3.63) is 59.7 Å². The lowest BCUT2D eigenvalue weighted by Crippen LogP contribution is -2.28. The quantitative estimate of drug-likeness (QED) is 0.681. The molecule has 1 amide bonds. The zero-order chi connectivity index (χ0) is 22.1. The molecule has 1 aliphatic rings. The Kier molecular flexibility index (Phi) is 8.83. The smallest absolute Gasteiger partial charge is 0.404 e. The van der Waals surface area contributed by atoms with E-state index >= 15 is 0 Å². The van der Waals surface area contributed by atoms with Crippen molar-refractivity contribution in [2.24, 2.45) is 11.7 Å². The van der Waals surface area contributed by atoms with Crippen LogP contribution in [0.4, 0.5) is 4.79 Å². The average Bonchev–Trinajstić information content (AvgIpc) is 3.07. The Morgan fingerprint density at radius 3 is 2.00 bits per heavy atom. The number of methoxy groups -OCH3 is 2. The van der Waals surface area contributed by atoms with Crippen LogP contribution in [0.15, 0.2) is 48.5 Å². The van der Waals surface area contributed by atoms with Crippen molar-refractivity contribution in [3.8, 4) is 11.1 Å². The van der Waals surface area contributed by atoms with Gasteiger partial charge in [-0.15, -0.1) is 0 Å². The van der Waals surface area contributed by atoms with Gasteiger partial charge in [0.25, 0.3) is 0 Å². The molecule has 0 fully saturated rings. The third kappa shape index (κ3) is 5.81. The van der Waals surface area contributed by atoms with Crippen LogP contribution in [0.5, 0.6) is 0 Å². The molecular formula is C23H29NO6. The Balaban J connectivity index is 0.000000235. The number of hydrogen-bond acceptors (Lipinski definition) is 5. The topological polar surface area (TPSA) is 108 Å². The molecule has 7 heteroatoms. The maximum Gasteiger partial charge on any atom is 0.404 e. The van der Waals surface area contributed by atoms with Crippen LogP contribution in [0.3, 0.4) is 0 Å². The summed E-state index contributed by atoms with van der Waals surface area (Å²) in [6, 6.07) is 16.4. The molecule has 1 aliphatic carbocycles. The van der Waals surface area contributed by atoms with Gasteiger partial charge in [0.15, 0.2) is 0 Å². The fraction of sp³-hybridized carbons (Fsp3) is 0.391. The largest absolute Gasteiger partial charge is 0.481 e. The standard InChI is InChI=1S/C15H13NO2.C8H16O4/c16-15(17)18-9-14-12-7-3-1-5-10(12)11-6-2-4-8-13(11)14;1-6(8(9)10)7(12-3)4-5-11-2/h1-8,14H,9H2,(H2,16,17);6-7H,4-5H2,1-3H3,(H,9,10). The van der Waals surface area contributed by atoms with E-state index in [2.05, 4.69) is 24.3 Å². The minimum absolute atomic E-state index is 0.0879. The monoisotopic (exact) mass is 415 g/mol. The van der Waals surface area contributed by atoms with E-state index in [4.69, 9.17) is 25.1 Å². The number of hydrogen-bond donors (Lipinski definition) is 2. The first-order chi connectivity index (χ1) is 14.4. The zero-order valence-corrected chi connectivity index (χ0v) is 17.5. The lowest BCUT2D eigenvalue weighted by atomic mass is 9.98. The van der Waals surface area contributed by atoms with Crippen molar-refractivity contribution in [2.75, 3.05) is 27.4 Å². The Morgan fingerprint density at radius 1 is 1.03 bits per heavy atom. The Labute approximate surface area is 176 Å². The van der Waals surface area contributed by atoms with Crippen molar-refractivity contribution in [1.29, 1.82) is 0 Å². The summed E-state index contributed by atoms with van der Waals surface area (Å²) < 4.78 is 14.8. The Hall–Kier alpha value is -2.90. The normalized spacial score (nSPS) is 14.0. The van der Waals surface area contributed by atoms with Crippen molar-refractivity contribution < 1.29 is 28.9 Å². The number of carboxylic acids is 1. The second-order valence-electron chi connectivity index (χ2n) is 7.04. The zero-order valence-electron chi connectivity index (χ0n) is 17.5. The lowest BCUT2D eigenvalue weighted by molar-refractivity contribution is -0.146. The van der Waals surface area contributed by atoms with Gasteiger partial charge in [-0.2, -0.15) is 0 Å². The fourth-order valence-corrected chi connectivity index (χ4v) is 3.57. The molecule has 3 rings (SSSR count). The summed E-state index contributed by atoms with van der Waals surface area (Å²) in [5.74, 6) is -1.23. The van der Waals surface area contributed by atoms with E-state index in [1.54, 1.807) is 14.0 Å². The van der Waals surface area contributed by atoms with E-state index in [9.17, 15) is 9.59 Å². The third-order valence-corrected chi connectivity index (χ3v) is 5.21. The highest BCUT2D eigenvalue weighted by molar-refractivity contribution is 5.79. The molecule has 0 aromatic heterocycles. The van der Waals surface area contributed by atoms with Gasteiger partial charge in [-0.1, -0.05) is 48.5 Å². The van der Waals surface area contributed by atoms with Crippen LogP contribution < -0.4 is 5.73 Å². The summed E-state index contributed by atoms with van der Waals surface area (Å²) >= 11 is 0. The summed E-state index contributed by atoms with van der Waals surface area (Å²) in [5.41, 5.74) is 9.87. The van der Waals surface area contributed by atoms with Crippen LogP contribution in [0, 0.1) is 5.92 Å². The molecule has 30 heavy (non-hydrogen) atoms. The third-order valence-electron chi connectivity index (χ3n) is 5.21. The molecule has 3 N–H and O–H groups in total. The fourth-order valence-electron chi connectivity index (χ4n) is 3.57. The SMILES string of the molecule is COCCC(OC)C(C)C(=O)O.NC(=O)OCC1c2ccccc2-c2ccccc21. The van der Waals surface area contributed by atoms with Gasteiger partial charge in [0.05, 0.1) is 12.0 Å². The van der Waals surface area contributed by atoms with Crippen LogP contribution in [0.25, 0.3) is 11.1 Å². The number of rotatable bonds is 8. The molecule has 2 aromatic carbocycles. The van der Waals surface area contributed by atoms with Gasteiger partial charge >= 0.3 is 12.1 Å². The molecule has 0 heterocycles. The van der Waals surface area contributed by atoms with Gasteiger partial charge in [-0.3, -0.25) is 4.79 Å². The molecule has 2 atom stereocenters. The highest BCUT2D eigenvalue weighted by atomic mass is 16.5. The molecule has 7 nitrogen and oxygen atoms in total. The summed E-state index contributed by atoms with van der Waals surface area (Å²) in [6.07, 6.45) is -0.375. The number of primary amides is 1. The molecule has 162 valence electrons. The summed E-state index contributed by atoms with van der Waals surface area (Å²) in [4.78, 5) is 21.3. The maximum absolute atomic E-state index is 10.8. The van der Waals surface area contributed by atoms with Crippen LogP contribution >= 0.6 is 0 Å². The predicted octanol–water partition coefficient (Wildman–Crippen LogP) is 3.65. The molecule has 0 radical (unpaired) electrons. The highest BCUT2D eigenvalue weighted by Crippen LogP contribution is 2.44. The highest BCUT2D eigenvalue weighted by Gasteiger charge is 2.28. The molecule has 0 aliphatic heterocycles. The van der Waals surface area contributed by atoms with E-state index in [1.807, 2.05) is 24.3 Å². The number of amides is 1. The number of carbonyl (C=O) groups excluding carboxylic acids is 1. The summed E-state index contributed by atoms with van der Waals surface area (Å²) in [5, 5.41) is 8.66. The predicted molar refractivity (Wildman–Crippen MR) is 113 cm³/mol. The number of carbonyl (C=O) groups is 2. The Morgan fingerprint density at radius 2 is 1.57 bits per heavy atom. The van der Waals surface area contributed by atoms with Gasteiger partial charge in [-0.25, -0.2) is 4.79 Å². The Bertz CT molecular complexity index is 808. The van der Waals surface area contributed by atoms with Gasteiger partial charge < -0.3 is 25.1 Å². The van der Waals surface area contributed by atoms with Gasteiger partial charge in [-0.05, 0) is 35.6 Å². The minimum Gasteiger partial charge on any atom is -0.481 e. The number of carboxylic acid groups (broad SMARTS) is 1. The van der Waals surface area contributed by atoms with Crippen molar-refractivity contribution >= 4 is 12.1 Å². The number of nitrogens with two attached hydrogens (primary N) is 1. The van der Waals surface area contributed by atoms with Gasteiger partial charge in [0.1, 0.15) is 6.61 Å². The number of benzene rings is 2. The molecule has 0 saturated carbocycles. The summed E-state index contributed by atoms with van der Waals surface area (Å²) in [7, 11) is 3.10. The number of aliphatic carboxylic acids is 1. The minimum atomic E-state index is -0.835. The van der Waals surface area contributed by atoms with E-state index in [-0.39, 0.29) is 12.0 Å². The second-order valence-corrected chi connectivity index (χ2v) is 7.04. The average molecular weight is 415 g/mol. The number of ether oxygens (including phenoxy) is 3. The van der Waals surface area contributed by atoms with Crippen molar-refractivity contribution in [2.45, 2.75) is 25.4 Å². The van der Waals surface area contributed by atoms with Crippen LogP contribution in [-0.2, 0) is 19.0 Å². The van der Waals surface area contributed by atoms with Crippen LogP contribution in [0.1, 0.15) is 30.4 Å². The maximum atomic E-state index is 10.8. The molecule has 2 unspecified atom stereocenters. The first-order valence-electron chi connectivity index (χ1n) is 9.75. The van der Waals surface area contributed by atoms with E-state index in [0.717, 1.165) is 0 Å². The van der Waals surface area contributed by atoms with Crippen LogP contribution in [0.2, 0.25) is 0 Å². The molecule has 0 bridgehead atoms. The van der Waals surface area contributed by atoms with E-state index in [1.165, 1.54) is 29.4 Å².